The smallest absolute Gasteiger partial charge is 0.407 e. The van der Waals surface area contributed by atoms with Crippen molar-refractivity contribution in [2.45, 2.75) is 37.5 Å². The predicted molar refractivity (Wildman–Crippen MR) is 221 cm³/mol. The summed E-state index contributed by atoms with van der Waals surface area (Å²) in [5.74, 6) is 0.677. The van der Waals surface area contributed by atoms with Crippen molar-refractivity contribution >= 4 is 12.0 Å². The zero-order valence-electron chi connectivity index (χ0n) is 32.3. The molecule has 0 aliphatic heterocycles. The molecular weight excluding hydrogens is 717 g/mol. The fourth-order valence-electron chi connectivity index (χ4n) is 7.48. The molecule has 57 heavy (non-hydrogen) atoms. The molecule has 4 atom stereocenters. The van der Waals surface area contributed by atoms with E-state index in [1.165, 1.54) is 7.11 Å². The van der Waals surface area contributed by atoms with Crippen LogP contribution in [0.15, 0.2) is 151 Å². The number of hydrogen-bond donors (Lipinski definition) is 4. The molecule has 2 amide bonds. The number of hydrazine groups is 1. The van der Waals surface area contributed by atoms with E-state index in [-0.39, 0.29) is 24.0 Å². The van der Waals surface area contributed by atoms with E-state index in [2.05, 4.69) is 65.6 Å². The second kappa shape index (κ2) is 17.6. The van der Waals surface area contributed by atoms with Crippen molar-refractivity contribution in [1.82, 2.24) is 16.2 Å². The Morgan fingerprint density at radius 2 is 1.46 bits per heavy atom. The first-order valence-corrected chi connectivity index (χ1v) is 19.0. The van der Waals surface area contributed by atoms with Crippen LogP contribution in [0.1, 0.15) is 53.6 Å². The molecular formula is C47H48N4O6. The summed E-state index contributed by atoms with van der Waals surface area (Å²) in [6.07, 6.45) is 5.02. The first kappa shape index (κ1) is 38.9. The Labute approximate surface area is 333 Å². The minimum Gasteiger partial charge on any atom is -0.497 e. The first-order chi connectivity index (χ1) is 27.8. The van der Waals surface area contributed by atoms with Gasteiger partial charge in [-0.15, -0.1) is 0 Å². The number of hydrogen-bond acceptors (Lipinski definition) is 8. The van der Waals surface area contributed by atoms with Gasteiger partial charge in [-0.05, 0) is 64.1 Å². The molecule has 5 aromatic rings. The number of fused-ring (bicyclic) bond motifs is 3. The molecule has 0 radical (unpaired) electrons. The van der Waals surface area contributed by atoms with Crippen LogP contribution in [0.4, 0.5) is 4.79 Å². The Hall–Kier alpha value is -6.36. The third-order valence-electron chi connectivity index (χ3n) is 10.7. The number of nitrogens with one attached hydrogen (secondary N) is 3. The second-order valence-electron chi connectivity index (χ2n) is 14.5. The van der Waals surface area contributed by atoms with E-state index in [4.69, 9.17) is 24.7 Å². The fourth-order valence-corrected chi connectivity index (χ4v) is 7.48. The topological polar surface area (TPSA) is 133 Å². The van der Waals surface area contributed by atoms with E-state index < -0.39 is 24.1 Å². The molecule has 5 aromatic carbocycles. The van der Waals surface area contributed by atoms with Gasteiger partial charge in [-0.25, -0.2) is 10.2 Å². The average Bonchev–Trinajstić information content (AvgIpc) is 3.57. The number of para-hydroxylation sites is 1. The standard InChI is InChI=1S/C47H48N4O6/c1-47(26-24-32(25-27-47)42(48)31-14-6-4-7-15-31)30-49-51-45(52)44(57-33-16-8-5-9-17-33)43(39-23-22-34(54-2)28-41(39)55-3)50-46(53)56-29-40-37-20-12-10-18-35(37)36-19-11-13-21-38(36)40/h4-26,28,40,42-44,49H,27,29-30,48H2,1-3H3,(H,50,53)(H,51,52). The number of carbonyl (C=O) groups is 2. The molecule has 0 fully saturated rings. The van der Waals surface area contributed by atoms with Crippen molar-refractivity contribution in [1.29, 1.82) is 0 Å². The number of benzene rings is 5. The molecule has 7 rings (SSSR count). The lowest BCUT2D eigenvalue weighted by Gasteiger charge is -2.31. The summed E-state index contributed by atoms with van der Waals surface area (Å²) in [5.41, 5.74) is 19.2. The lowest BCUT2D eigenvalue weighted by Crippen LogP contribution is -2.53. The maximum atomic E-state index is 14.3. The minimum atomic E-state index is -1.28. The van der Waals surface area contributed by atoms with Crippen LogP contribution in [-0.4, -0.2) is 45.5 Å². The van der Waals surface area contributed by atoms with Crippen molar-refractivity contribution in [2.24, 2.45) is 11.1 Å². The molecule has 0 saturated carbocycles. The number of rotatable bonds is 15. The largest absolute Gasteiger partial charge is 0.497 e. The van der Waals surface area contributed by atoms with Gasteiger partial charge in [-0.2, -0.15) is 0 Å². The Morgan fingerprint density at radius 1 is 0.807 bits per heavy atom. The van der Waals surface area contributed by atoms with Gasteiger partial charge in [0.1, 0.15) is 29.9 Å². The molecule has 2 aliphatic rings. The number of methoxy groups -OCH3 is 2. The molecule has 292 valence electrons. The van der Waals surface area contributed by atoms with Crippen LogP contribution in [0.5, 0.6) is 17.2 Å². The van der Waals surface area contributed by atoms with Gasteiger partial charge in [0.05, 0.1) is 20.3 Å². The summed E-state index contributed by atoms with van der Waals surface area (Å²) >= 11 is 0. The molecule has 0 spiro atoms. The minimum absolute atomic E-state index is 0.0861. The monoisotopic (exact) mass is 764 g/mol. The van der Waals surface area contributed by atoms with Crippen LogP contribution in [0.25, 0.3) is 11.1 Å². The molecule has 0 saturated heterocycles. The highest BCUT2D eigenvalue weighted by Gasteiger charge is 2.37. The highest BCUT2D eigenvalue weighted by Crippen LogP contribution is 2.44. The summed E-state index contributed by atoms with van der Waals surface area (Å²) in [6.45, 7) is 2.60. The third-order valence-corrected chi connectivity index (χ3v) is 10.7. The molecule has 4 unspecified atom stereocenters. The van der Waals surface area contributed by atoms with Gasteiger partial charge in [0, 0.05) is 29.5 Å². The van der Waals surface area contributed by atoms with Gasteiger partial charge in [0.2, 0.25) is 6.10 Å². The molecule has 10 nitrogen and oxygen atoms in total. The van der Waals surface area contributed by atoms with Crippen molar-refractivity contribution in [2.75, 3.05) is 27.4 Å². The van der Waals surface area contributed by atoms with Crippen LogP contribution in [-0.2, 0) is 9.53 Å². The number of allylic oxidation sites excluding steroid dienone is 1. The first-order valence-electron chi connectivity index (χ1n) is 19.0. The third kappa shape index (κ3) is 8.88. The second-order valence-corrected chi connectivity index (χ2v) is 14.5. The molecule has 2 aliphatic carbocycles. The molecule has 0 aromatic heterocycles. The number of amides is 2. The molecule has 10 heteroatoms. The number of nitrogens with two attached hydrogens (primary N) is 1. The Morgan fingerprint density at radius 3 is 2.09 bits per heavy atom. The highest BCUT2D eigenvalue weighted by atomic mass is 16.6. The predicted octanol–water partition coefficient (Wildman–Crippen LogP) is 7.94. The summed E-state index contributed by atoms with van der Waals surface area (Å²) < 4.78 is 23.6. The summed E-state index contributed by atoms with van der Waals surface area (Å²) in [4.78, 5) is 28.3. The van der Waals surface area contributed by atoms with E-state index in [1.807, 2.05) is 72.8 Å². The lowest BCUT2D eigenvalue weighted by atomic mass is 9.80. The van der Waals surface area contributed by atoms with E-state index in [1.54, 1.807) is 37.4 Å². The number of alkyl carbamates (subject to hydrolysis) is 1. The normalized spacial score (nSPS) is 17.2. The maximum absolute atomic E-state index is 14.3. The quantitative estimate of drug-likeness (QED) is 0.0791. The van der Waals surface area contributed by atoms with E-state index in [0.29, 0.717) is 35.8 Å². The van der Waals surface area contributed by atoms with Crippen molar-refractivity contribution in [3.8, 4) is 28.4 Å². The maximum Gasteiger partial charge on any atom is 0.407 e. The highest BCUT2D eigenvalue weighted by molar-refractivity contribution is 5.83. The summed E-state index contributed by atoms with van der Waals surface area (Å²) in [6, 6.07) is 39.1. The van der Waals surface area contributed by atoms with Crippen LogP contribution < -0.4 is 36.1 Å². The average molecular weight is 765 g/mol. The van der Waals surface area contributed by atoms with Gasteiger partial charge >= 0.3 is 6.09 Å². The Kier molecular flexibility index (Phi) is 12.0. The van der Waals surface area contributed by atoms with Gasteiger partial charge in [-0.3, -0.25) is 10.2 Å². The SMILES string of the molecule is COc1ccc(C(NC(=O)OCC2c3ccccc3-c3ccccc32)C(Oc2ccccc2)C(=O)NNCC2(C)C=CC(C(N)c3ccccc3)=CC2)c(OC)c1. The van der Waals surface area contributed by atoms with Crippen molar-refractivity contribution in [3.05, 3.63) is 173 Å². The Balaban J connectivity index is 1.11. The summed E-state index contributed by atoms with van der Waals surface area (Å²) in [5, 5.41) is 2.97. The van der Waals surface area contributed by atoms with Crippen LogP contribution in [0, 0.1) is 5.41 Å². The van der Waals surface area contributed by atoms with Gasteiger partial charge in [0.25, 0.3) is 5.91 Å². The molecule has 0 bridgehead atoms. The van der Waals surface area contributed by atoms with Crippen molar-refractivity contribution in [3.63, 3.8) is 0 Å². The van der Waals surface area contributed by atoms with Gasteiger partial charge < -0.3 is 30.0 Å². The van der Waals surface area contributed by atoms with Gasteiger partial charge in [-0.1, -0.05) is 122 Å². The molecule has 0 heterocycles. The van der Waals surface area contributed by atoms with E-state index in [9.17, 15) is 9.59 Å². The lowest BCUT2D eigenvalue weighted by molar-refractivity contribution is -0.130. The number of ether oxygens (including phenoxy) is 4. The summed E-state index contributed by atoms with van der Waals surface area (Å²) in [7, 11) is 3.07. The van der Waals surface area contributed by atoms with Crippen LogP contribution in [0.2, 0.25) is 0 Å². The van der Waals surface area contributed by atoms with Crippen LogP contribution >= 0.6 is 0 Å². The zero-order valence-corrected chi connectivity index (χ0v) is 32.3. The van der Waals surface area contributed by atoms with Gasteiger partial charge in [0.15, 0.2) is 0 Å². The van der Waals surface area contributed by atoms with Crippen LogP contribution in [0.3, 0.4) is 0 Å². The number of carbonyl (C=O) groups excluding carboxylic acids is 2. The van der Waals surface area contributed by atoms with E-state index in [0.717, 1.165) is 33.4 Å². The fraction of sp³-hybridized carbons (Fsp3) is 0.234. The molecule has 5 N–H and O–H groups in total. The zero-order chi connectivity index (χ0) is 39.8. The Bertz CT molecular complexity index is 2200. The van der Waals surface area contributed by atoms with Crippen molar-refractivity contribution < 1.29 is 28.5 Å². The van der Waals surface area contributed by atoms with E-state index >= 15 is 0 Å².